The number of methoxy groups -OCH3 is 1. The number of thioether (sulfide) groups is 1. The molecule has 0 saturated carbocycles. The van der Waals surface area contributed by atoms with Crippen molar-refractivity contribution in [3.63, 3.8) is 0 Å². The van der Waals surface area contributed by atoms with E-state index in [2.05, 4.69) is 5.32 Å². The number of thiocarbonyl (C=S) groups is 1. The Bertz CT molecular complexity index is 1240. The monoisotopic (exact) mass is 514 g/mol. The highest BCUT2D eigenvalue weighted by Crippen LogP contribution is 2.35. The Morgan fingerprint density at radius 2 is 2.00 bits per heavy atom. The fourth-order valence-electron chi connectivity index (χ4n) is 3.11. The summed E-state index contributed by atoms with van der Waals surface area (Å²) >= 11 is 12.4. The van der Waals surface area contributed by atoms with Gasteiger partial charge >= 0.3 is 0 Å². The molecule has 1 fully saturated rings. The molecular formula is C24H19ClN2O5S2. The van der Waals surface area contributed by atoms with Crippen molar-refractivity contribution in [2.45, 2.75) is 6.54 Å². The van der Waals surface area contributed by atoms with Crippen molar-refractivity contribution < 1.29 is 23.5 Å². The van der Waals surface area contributed by atoms with E-state index in [1.54, 1.807) is 66.9 Å². The van der Waals surface area contributed by atoms with Gasteiger partial charge in [-0.2, -0.15) is 0 Å². The number of nitrogens with one attached hydrogen (secondary N) is 1. The maximum Gasteiger partial charge on any atom is 0.266 e. The smallest absolute Gasteiger partial charge is 0.266 e. The summed E-state index contributed by atoms with van der Waals surface area (Å²) in [6.45, 7) is 0.0763. The van der Waals surface area contributed by atoms with Crippen LogP contribution in [0.5, 0.6) is 11.5 Å². The minimum absolute atomic E-state index is 0.190. The molecule has 1 aromatic heterocycles. The number of amides is 2. The second-order valence-corrected chi connectivity index (χ2v) is 9.21. The highest BCUT2D eigenvalue weighted by atomic mass is 35.5. The van der Waals surface area contributed by atoms with Gasteiger partial charge in [-0.3, -0.25) is 14.5 Å². The number of benzene rings is 2. The Morgan fingerprint density at radius 3 is 2.71 bits per heavy atom. The molecule has 2 amide bonds. The molecule has 1 aliphatic heterocycles. The Morgan fingerprint density at radius 1 is 1.21 bits per heavy atom. The van der Waals surface area contributed by atoms with Crippen LogP contribution in [0.3, 0.4) is 0 Å². The third-order valence-electron chi connectivity index (χ3n) is 4.74. The molecular weight excluding hydrogens is 496 g/mol. The predicted octanol–water partition coefficient (Wildman–Crippen LogP) is 5.36. The number of halogens is 1. The number of hydrogen-bond acceptors (Lipinski definition) is 7. The summed E-state index contributed by atoms with van der Waals surface area (Å²) in [5.74, 6) is 0.967. The molecule has 2 aromatic carbocycles. The van der Waals surface area contributed by atoms with Gasteiger partial charge in [-0.05, 0) is 60.2 Å². The number of rotatable bonds is 8. The Hall–Kier alpha value is -3.27. The van der Waals surface area contributed by atoms with Crippen molar-refractivity contribution >= 4 is 63.5 Å². The predicted molar refractivity (Wildman–Crippen MR) is 136 cm³/mol. The summed E-state index contributed by atoms with van der Waals surface area (Å²) in [6, 6.07) is 15.5. The van der Waals surface area contributed by atoms with Crippen molar-refractivity contribution in [1.29, 1.82) is 0 Å². The molecule has 0 aliphatic carbocycles. The second-order valence-electron chi connectivity index (χ2n) is 7.10. The first-order valence-corrected chi connectivity index (χ1v) is 11.7. The standard InChI is InChI=1S/C24H19ClN2O5S2/c1-30-20-11-15(12-21-23(29)27(24(33)34-21)13-18-3-2-10-31-18)4-9-19(20)32-14-22(28)26-17-7-5-16(25)6-8-17/h2-12H,13-14H2,1H3,(H,26,28). The van der Waals surface area contributed by atoms with Gasteiger partial charge in [0.25, 0.3) is 11.8 Å². The van der Waals surface area contributed by atoms with Crippen LogP contribution in [0.25, 0.3) is 6.08 Å². The van der Waals surface area contributed by atoms with E-state index in [9.17, 15) is 9.59 Å². The molecule has 2 heterocycles. The number of nitrogens with zero attached hydrogens (tertiary/aromatic N) is 1. The molecule has 0 radical (unpaired) electrons. The van der Waals surface area contributed by atoms with Crippen molar-refractivity contribution in [3.8, 4) is 11.5 Å². The molecule has 34 heavy (non-hydrogen) atoms. The van der Waals surface area contributed by atoms with E-state index in [4.69, 9.17) is 37.7 Å². The summed E-state index contributed by atoms with van der Waals surface area (Å²) in [4.78, 5) is 27.0. The molecule has 0 bridgehead atoms. The Balaban J connectivity index is 1.41. The Kier molecular flexibility index (Phi) is 7.56. The largest absolute Gasteiger partial charge is 0.493 e. The van der Waals surface area contributed by atoms with Crippen LogP contribution >= 0.6 is 35.6 Å². The third-order valence-corrected chi connectivity index (χ3v) is 6.37. The second kappa shape index (κ2) is 10.8. The van der Waals surface area contributed by atoms with Crippen LogP contribution in [0.2, 0.25) is 5.02 Å². The van der Waals surface area contributed by atoms with Gasteiger partial charge in [-0.15, -0.1) is 0 Å². The van der Waals surface area contributed by atoms with Gasteiger partial charge in [0, 0.05) is 10.7 Å². The SMILES string of the molecule is COc1cc(C=C2SC(=S)N(Cc3ccco3)C2=O)ccc1OCC(=O)Nc1ccc(Cl)cc1. The molecule has 1 N–H and O–H groups in total. The molecule has 1 saturated heterocycles. The number of hydrogen-bond donors (Lipinski definition) is 1. The van der Waals surface area contributed by atoms with Gasteiger partial charge < -0.3 is 19.2 Å². The number of ether oxygens (including phenoxy) is 2. The molecule has 0 spiro atoms. The minimum Gasteiger partial charge on any atom is -0.493 e. The molecule has 7 nitrogen and oxygen atoms in total. The molecule has 10 heteroatoms. The molecule has 4 rings (SSSR count). The van der Waals surface area contributed by atoms with Crippen LogP contribution in [0.4, 0.5) is 5.69 Å². The Labute approximate surface area is 210 Å². The zero-order valence-corrected chi connectivity index (χ0v) is 20.3. The summed E-state index contributed by atoms with van der Waals surface area (Å²) in [5, 5.41) is 3.31. The maximum absolute atomic E-state index is 12.8. The van der Waals surface area contributed by atoms with Gasteiger partial charge in [-0.25, -0.2) is 0 Å². The molecule has 3 aromatic rings. The summed E-state index contributed by atoms with van der Waals surface area (Å²) in [7, 11) is 1.50. The van der Waals surface area contributed by atoms with Crippen molar-refractivity contribution in [2.75, 3.05) is 19.0 Å². The quantitative estimate of drug-likeness (QED) is 0.320. The lowest BCUT2D eigenvalue weighted by molar-refractivity contribution is -0.122. The topological polar surface area (TPSA) is 81.0 Å². The van der Waals surface area contributed by atoms with E-state index >= 15 is 0 Å². The highest BCUT2D eigenvalue weighted by molar-refractivity contribution is 8.26. The molecule has 0 atom stereocenters. The van der Waals surface area contributed by atoms with Gasteiger partial charge in [0.15, 0.2) is 18.1 Å². The number of carbonyl (C=O) groups excluding carboxylic acids is 2. The summed E-state index contributed by atoms with van der Waals surface area (Å²) in [6.07, 6.45) is 3.29. The summed E-state index contributed by atoms with van der Waals surface area (Å²) in [5.41, 5.74) is 1.35. The van der Waals surface area contributed by atoms with Crippen molar-refractivity contribution in [1.82, 2.24) is 4.90 Å². The van der Waals surface area contributed by atoms with Crippen LogP contribution < -0.4 is 14.8 Å². The van der Waals surface area contributed by atoms with Crippen molar-refractivity contribution in [2.24, 2.45) is 0 Å². The molecule has 174 valence electrons. The average Bonchev–Trinajstić information content (AvgIpc) is 3.44. The zero-order valence-electron chi connectivity index (χ0n) is 17.9. The first kappa shape index (κ1) is 23.9. The van der Waals surface area contributed by atoms with E-state index in [0.29, 0.717) is 37.2 Å². The number of anilines is 1. The molecule has 0 unspecified atom stereocenters. The lowest BCUT2D eigenvalue weighted by atomic mass is 10.2. The van der Waals surface area contributed by atoms with E-state index in [1.807, 2.05) is 0 Å². The number of carbonyl (C=O) groups is 2. The van der Waals surface area contributed by atoms with Gasteiger partial charge in [0.05, 0.1) is 24.8 Å². The average molecular weight is 515 g/mol. The third kappa shape index (κ3) is 5.80. The van der Waals surface area contributed by atoms with E-state index in [1.165, 1.54) is 23.8 Å². The fourth-order valence-corrected chi connectivity index (χ4v) is 4.49. The zero-order chi connectivity index (χ0) is 24.1. The van der Waals surface area contributed by atoms with E-state index in [0.717, 1.165) is 5.56 Å². The van der Waals surface area contributed by atoms with Crippen LogP contribution in [0.15, 0.2) is 70.2 Å². The lowest BCUT2D eigenvalue weighted by Gasteiger charge is -2.12. The minimum atomic E-state index is -0.325. The normalized spacial score (nSPS) is 14.5. The number of furan rings is 1. The van der Waals surface area contributed by atoms with Crippen molar-refractivity contribution in [3.05, 3.63) is 82.1 Å². The fraction of sp³-hybridized carbons (Fsp3) is 0.125. The van der Waals surface area contributed by atoms with E-state index in [-0.39, 0.29) is 25.0 Å². The summed E-state index contributed by atoms with van der Waals surface area (Å²) < 4.78 is 16.8. The van der Waals surface area contributed by atoms with Crippen LogP contribution in [-0.4, -0.2) is 34.8 Å². The first-order chi connectivity index (χ1) is 16.4. The van der Waals surface area contributed by atoms with E-state index < -0.39 is 0 Å². The lowest BCUT2D eigenvalue weighted by Crippen LogP contribution is -2.27. The van der Waals surface area contributed by atoms with Crippen LogP contribution in [0.1, 0.15) is 11.3 Å². The van der Waals surface area contributed by atoms with Gasteiger partial charge in [0.1, 0.15) is 10.1 Å². The molecule has 1 aliphatic rings. The van der Waals surface area contributed by atoms with Gasteiger partial charge in [-0.1, -0.05) is 41.6 Å². The maximum atomic E-state index is 12.8. The van der Waals surface area contributed by atoms with Crippen LogP contribution in [0, 0.1) is 0 Å². The highest BCUT2D eigenvalue weighted by Gasteiger charge is 2.32. The van der Waals surface area contributed by atoms with Gasteiger partial charge in [0.2, 0.25) is 0 Å². The van der Waals surface area contributed by atoms with Crippen LogP contribution in [-0.2, 0) is 16.1 Å². The first-order valence-electron chi connectivity index (χ1n) is 10.1.